The van der Waals surface area contributed by atoms with Crippen LogP contribution in [-0.2, 0) is 4.57 Å². The molecule has 0 heterocycles. The van der Waals surface area contributed by atoms with Crippen molar-refractivity contribution in [3.05, 3.63) is 33.9 Å². The van der Waals surface area contributed by atoms with Gasteiger partial charge in [-0.3, -0.25) is 10.1 Å². The fourth-order valence-electron chi connectivity index (χ4n) is 1.00. The molecule has 0 aliphatic carbocycles. The predicted molar refractivity (Wildman–Crippen MR) is 53.9 cm³/mol. The largest absolute Gasteiger partial charge is 0.480 e. The van der Waals surface area contributed by atoms with Crippen LogP contribution in [-0.4, -0.2) is 9.82 Å². The van der Waals surface area contributed by atoms with Gasteiger partial charge in [0, 0.05) is 6.07 Å². The number of hydrogen-bond acceptors (Lipinski definition) is 5. The number of nitrogens with zero attached hydrogens (tertiary/aromatic N) is 2. The first kappa shape index (κ1) is 12.2. The highest BCUT2D eigenvalue weighted by molar-refractivity contribution is 7.58. The lowest BCUT2D eigenvalue weighted by atomic mass is 10.2. The molecule has 0 radical (unpaired) electrons. The van der Waals surface area contributed by atoms with Gasteiger partial charge in [0.15, 0.2) is 5.81 Å². The van der Waals surface area contributed by atoms with E-state index in [1.807, 2.05) is 0 Å². The summed E-state index contributed by atoms with van der Waals surface area (Å²) in [5.74, 6) is 0.637. The van der Waals surface area contributed by atoms with Gasteiger partial charge in [0.25, 0.3) is 0 Å². The Morgan fingerprint density at radius 1 is 1.62 bits per heavy atom. The molecule has 1 unspecified atom stereocenters. The summed E-state index contributed by atoms with van der Waals surface area (Å²) in [6, 6.07) is 3.83. The maximum absolute atomic E-state index is 11.0. The summed E-state index contributed by atoms with van der Waals surface area (Å²) in [5.41, 5.74) is 0.147. The van der Waals surface area contributed by atoms with Crippen molar-refractivity contribution in [2.45, 2.75) is 6.92 Å². The molecule has 1 N–H and O–H groups in total. The molecule has 0 aromatic heterocycles. The van der Waals surface area contributed by atoms with Crippen molar-refractivity contribution in [3.8, 4) is 11.6 Å². The van der Waals surface area contributed by atoms with Crippen LogP contribution in [0.5, 0.6) is 5.75 Å². The van der Waals surface area contributed by atoms with E-state index in [2.05, 4.69) is 4.52 Å². The molecule has 1 atom stereocenters. The van der Waals surface area contributed by atoms with E-state index >= 15 is 0 Å². The van der Waals surface area contributed by atoms with E-state index in [9.17, 15) is 14.7 Å². The predicted octanol–water partition coefficient (Wildman–Crippen LogP) is 1.95. The normalized spacial score (nSPS) is 13.6. The molecule has 16 heavy (non-hydrogen) atoms. The lowest BCUT2D eigenvalue weighted by Crippen LogP contribution is -1.96. The molecule has 0 bridgehead atoms. The first-order valence-corrected chi connectivity index (χ1v) is 5.62. The molecule has 0 amide bonds. The number of nitro benzene ring substituents is 1. The first-order valence-electron chi connectivity index (χ1n) is 4.04. The SMILES string of the molecule is Cc1ccc(OP(=O)(O)C#N)c([N+](=O)[O-])c1. The highest BCUT2D eigenvalue weighted by atomic mass is 31.2. The van der Waals surface area contributed by atoms with E-state index in [0.29, 0.717) is 5.56 Å². The number of nitriles is 1. The van der Waals surface area contributed by atoms with Gasteiger partial charge in [-0.15, -0.1) is 0 Å². The molecular weight excluding hydrogens is 235 g/mol. The van der Waals surface area contributed by atoms with E-state index in [4.69, 9.17) is 10.2 Å². The number of hydrogen-bond donors (Lipinski definition) is 1. The van der Waals surface area contributed by atoms with Crippen LogP contribution in [0.3, 0.4) is 0 Å². The standard InChI is InChI=1S/C8H7N2O5P/c1-6-2-3-8(7(4-6)10(11)12)15-16(13,14)5-9/h2-4H,1H3,(H,13,14). The highest BCUT2D eigenvalue weighted by Crippen LogP contribution is 2.44. The van der Waals surface area contributed by atoms with Gasteiger partial charge in [-0.25, -0.2) is 4.57 Å². The number of aryl methyl sites for hydroxylation is 1. The monoisotopic (exact) mass is 242 g/mol. The molecule has 0 saturated heterocycles. The molecule has 8 heteroatoms. The second kappa shape index (κ2) is 4.31. The Balaban J connectivity index is 3.20. The Hall–Kier alpha value is -1.90. The summed E-state index contributed by atoms with van der Waals surface area (Å²) < 4.78 is 15.4. The smallest absolute Gasteiger partial charge is 0.407 e. The summed E-state index contributed by atoms with van der Waals surface area (Å²) >= 11 is 0. The van der Waals surface area contributed by atoms with Crippen molar-refractivity contribution in [1.29, 1.82) is 5.26 Å². The van der Waals surface area contributed by atoms with E-state index in [1.54, 1.807) is 6.92 Å². The third-order valence-electron chi connectivity index (χ3n) is 1.66. The van der Waals surface area contributed by atoms with Crippen molar-refractivity contribution >= 4 is 13.3 Å². The molecule has 0 fully saturated rings. The highest BCUT2D eigenvalue weighted by Gasteiger charge is 2.25. The lowest BCUT2D eigenvalue weighted by molar-refractivity contribution is -0.385. The third-order valence-corrected chi connectivity index (χ3v) is 2.36. The summed E-state index contributed by atoms with van der Waals surface area (Å²) in [6.45, 7) is 1.62. The van der Waals surface area contributed by atoms with Crippen molar-refractivity contribution in [3.63, 3.8) is 0 Å². The zero-order valence-electron chi connectivity index (χ0n) is 8.15. The molecule has 0 saturated carbocycles. The molecule has 1 aromatic rings. The van der Waals surface area contributed by atoms with Crippen LogP contribution < -0.4 is 4.52 Å². The number of nitro groups is 1. The zero-order valence-corrected chi connectivity index (χ0v) is 9.05. The van der Waals surface area contributed by atoms with Crippen molar-refractivity contribution in [1.82, 2.24) is 0 Å². The summed E-state index contributed by atoms with van der Waals surface area (Å²) in [4.78, 5) is 18.8. The van der Waals surface area contributed by atoms with Gasteiger partial charge in [-0.1, -0.05) is 6.07 Å². The average Bonchev–Trinajstić information content (AvgIpc) is 2.20. The minimum atomic E-state index is -4.48. The van der Waals surface area contributed by atoms with Gasteiger partial charge in [0.1, 0.15) is 0 Å². The van der Waals surface area contributed by atoms with Crippen LogP contribution in [0.25, 0.3) is 0 Å². The quantitative estimate of drug-likeness (QED) is 0.492. The van der Waals surface area contributed by atoms with Crippen LogP contribution in [0.15, 0.2) is 18.2 Å². The van der Waals surface area contributed by atoms with Crippen LogP contribution in [0.1, 0.15) is 5.56 Å². The second-order valence-electron chi connectivity index (χ2n) is 2.94. The Bertz CT molecular complexity index is 522. The van der Waals surface area contributed by atoms with Gasteiger partial charge < -0.3 is 9.42 Å². The molecule has 0 aliphatic rings. The molecule has 1 aromatic carbocycles. The maximum Gasteiger partial charge on any atom is 0.480 e. The van der Waals surface area contributed by atoms with Crippen LogP contribution >= 0.6 is 7.60 Å². The van der Waals surface area contributed by atoms with Crippen LogP contribution in [0, 0.1) is 28.1 Å². The van der Waals surface area contributed by atoms with Crippen LogP contribution in [0.4, 0.5) is 5.69 Å². The zero-order chi connectivity index (χ0) is 12.3. The van der Waals surface area contributed by atoms with Crippen molar-refractivity contribution in [2.75, 3.05) is 0 Å². The fraction of sp³-hybridized carbons (Fsp3) is 0.125. The molecule has 1 rings (SSSR count). The summed E-state index contributed by atoms with van der Waals surface area (Å²) in [7, 11) is -4.48. The average molecular weight is 242 g/mol. The minimum absolute atomic E-state index is 0.400. The number of rotatable bonds is 3. The Labute approximate surface area is 90.6 Å². The van der Waals surface area contributed by atoms with E-state index in [1.165, 1.54) is 18.2 Å². The summed E-state index contributed by atoms with van der Waals surface area (Å²) in [5, 5.41) is 18.9. The molecule has 0 aliphatic heterocycles. The van der Waals surface area contributed by atoms with Gasteiger partial charge in [-0.05, 0) is 18.6 Å². The van der Waals surface area contributed by atoms with E-state index in [0.717, 1.165) is 5.81 Å². The number of benzene rings is 1. The van der Waals surface area contributed by atoms with E-state index < -0.39 is 24.0 Å². The van der Waals surface area contributed by atoms with Gasteiger partial charge in [-0.2, -0.15) is 5.26 Å². The van der Waals surface area contributed by atoms with Crippen LogP contribution in [0.2, 0.25) is 0 Å². The Kier molecular flexibility index (Phi) is 3.28. The van der Waals surface area contributed by atoms with Gasteiger partial charge in [0.2, 0.25) is 5.75 Å². The summed E-state index contributed by atoms with van der Waals surface area (Å²) in [6.07, 6.45) is 0. The minimum Gasteiger partial charge on any atom is -0.407 e. The Morgan fingerprint density at radius 2 is 2.25 bits per heavy atom. The molecule has 84 valence electrons. The Morgan fingerprint density at radius 3 is 2.75 bits per heavy atom. The topological polar surface area (TPSA) is 113 Å². The lowest BCUT2D eigenvalue weighted by Gasteiger charge is -2.06. The third kappa shape index (κ3) is 2.79. The van der Waals surface area contributed by atoms with Gasteiger partial charge >= 0.3 is 13.3 Å². The maximum atomic E-state index is 11.0. The van der Waals surface area contributed by atoms with Gasteiger partial charge in [0.05, 0.1) is 4.92 Å². The van der Waals surface area contributed by atoms with E-state index in [-0.39, 0.29) is 0 Å². The molecule has 7 nitrogen and oxygen atoms in total. The molecule has 0 spiro atoms. The second-order valence-corrected chi connectivity index (χ2v) is 4.36. The molecular formula is C8H7N2O5P. The van der Waals surface area contributed by atoms with Crippen molar-refractivity contribution < 1.29 is 18.9 Å². The fourth-order valence-corrected chi connectivity index (χ4v) is 1.46. The van der Waals surface area contributed by atoms with Crippen molar-refractivity contribution in [2.24, 2.45) is 0 Å². The first-order chi connectivity index (χ1) is 7.35.